The highest BCUT2D eigenvalue weighted by Gasteiger charge is 2.35. The van der Waals surface area contributed by atoms with Crippen molar-refractivity contribution in [2.45, 2.75) is 45.3 Å². The predicted octanol–water partition coefficient (Wildman–Crippen LogP) is 3.47. The van der Waals surface area contributed by atoms with Crippen molar-refractivity contribution in [3.63, 3.8) is 0 Å². The zero-order valence-electron chi connectivity index (χ0n) is 11.8. The van der Waals surface area contributed by atoms with E-state index in [-0.39, 0.29) is 11.8 Å². The summed E-state index contributed by atoms with van der Waals surface area (Å²) in [6.45, 7) is 4.39. The van der Waals surface area contributed by atoms with E-state index in [1.165, 1.54) is 0 Å². The molecule has 2 N–H and O–H groups in total. The lowest BCUT2D eigenvalue weighted by atomic mass is 10.0. The summed E-state index contributed by atoms with van der Waals surface area (Å²) in [5.74, 6) is 0.122. The smallest absolute Gasteiger partial charge is 0.240 e. The van der Waals surface area contributed by atoms with Gasteiger partial charge in [0.25, 0.3) is 0 Å². The molecule has 1 saturated carbocycles. The van der Waals surface area contributed by atoms with Crippen molar-refractivity contribution in [3.05, 3.63) is 33.8 Å². The number of rotatable bonds is 5. The van der Waals surface area contributed by atoms with E-state index < -0.39 is 6.04 Å². The van der Waals surface area contributed by atoms with Gasteiger partial charge in [-0.15, -0.1) is 0 Å². The molecule has 1 aliphatic carbocycles. The molecule has 0 saturated heterocycles. The molecule has 1 aromatic carbocycles. The number of halogens is 2. The van der Waals surface area contributed by atoms with Crippen LogP contribution in [0.5, 0.6) is 0 Å². The first-order valence-corrected chi connectivity index (χ1v) is 7.65. The molecule has 2 rings (SSSR count). The molecule has 3 nitrogen and oxygen atoms in total. The average molecular weight is 315 g/mol. The molecular weight excluding hydrogens is 295 g/mol. The maximum absolute atomic E-state index is 12.5. The molecule has 0 unspecified atom stereocenters. The zero-order valence-corrected chi connectivity index (χ0v) is 13.3. The van der Waals surface area contributed by atoms with Crippen LogP contribution in [0.1, 0.15) is 32.3 Å². The Morgan fingerprint density at radius 1 is 1.40 bits per heavy atom. The van der Waals surface area contributed by atoms with E-state index >= 15 is 0 Å². The Hall–Kier alpha value is -0.770. The van der Waals surface area contributed by atoms with Gasteiger partial charge in [0.15, 0.2) is 0 Å². The Labute approximate surface area is 130 Å². The Bertz CT molecular complexity index is 501. The van der Waals surface area contributed by atoms with Crippen molar-refractivity contribution in [3.8, 4) is 0 Å². The highest BCUT2D eigenvalue weighted by atomic mass is 35.5. The van der Waals surface area contributed by atoms with Crippen LogP contribution in [0.25, 0.3) is 0 Å². The molecule has 1 fully saturated rings. The molecule has 1 amide bonds. The molecule has 110 valence electrons. The van der Waals surface area contributed by atoms with E-state index in [0.717, 1.165) is 18.4 Å². The van der Waals surface area contributed by atoms with E-state index in [1.807, 2.05) is 24.8 Å². The molecule has 0 heterocycles. The quantitative estimate of drug-likeness (QED) is 0.904. The zero-order chi connectivity index (χ0) is 14.9. The number of nitrogens with two attached hydrogens (primary N) is 1. The fourth-order valence-electron chi connectivity index (χ4n) is 2.10. The lowest BCUT2D eigenvalue weighted by Gasteiger charge is -2.27. The lowest BCUT2D eigenvalue weighted by Crippen LogP contribution is -2.47. The highest BCUT2D eigenvalue weighted by Crippen LogP contribution is 2.31. The standard InChI is InChI=1S/C15H20Cl2N2O/c1-9(2)14(18)15(20)19(12-4-5-12)8-10-7-11(16)3-6-13(10)17/h3,6-7,9,12,14H,4-5,8,18H2,1-2H3/t14-/m0/s1. The lowest BCUT2D eigenvalue weighted by molar-refractivity contribution is -0.134. The van der Waals surface area contributed by atoms with Crippen LogP contribution in [-0.4, -0.2) is 22.9 Å². The van der Waals surface area contributed by atoms with Crippen LogP contribution in [0.4, 0.5) is 0 Å². The van der Waals surface area contributed by atoms with Crippen molar-refractivity contribution >= 4 is 29.1 Å². The molecule has 0 bridgehead atoms. The SMILES string of the molecule is CC(C)[C@H](N)C(=O)N(Cc1cc(Cl)ccc1Cl)C1CC1. The van der Waals surface area contributed by atoms with Crippen LogP contribution in [0.15, 0.2) is 18.2 Å². The second kappa shape index (κ2) is 6.33. The van der Waals surface area contributed by atoms with Gasteiger partial charge in [0, 0.05) is 22.6 Å². The third kappa shape index (κ3) is 3.66. The van der Waals surface area contributed by atoms with E-state index in [0.29, 0.717) is 22.6 Å². The number of hydrogen-bond donors (Lipinski definition) is 1. The second-order valence-electron chi connectivity index (χ2n) is 5.70. The molecule has 1 atom stereocenters. The molecule has 1 aromatic rings. The maximum Gasteiger partial charge on any atom is 0.240 e. The van der Waals surface area contributed by atoms with E-state index in [2.05, 4.69) is 0 Å². The maximum atomic E-state index is 12.5. The molecule has 5 heteroatoms. The minimum absolute atomic E-state index is 0.00135. The molecule has 20 heavy (non-hydrogen) atoms. The Kier molecular flexibility index (Phi) is 4.95. The minimum atomic E-state index is -0.464. The second-order valence-corrected chi connectivity index (χ2v) is 6.55. The fourth-order valence-corrected chi connectivity index (χ4v) is 2.47. The molecule has 0 radical (unpaired) electrons. The first-order valence-electron chi connectivity index (χ1n) is 6.90. The Balaban J connectivity index is 2.17. The van der Waals surface area contributed by atoms with Crippen LogP contribution < -0.4 is 5.73 Å². The normalized spacial score (nSPS) is 16.3. The summed E-state index contributed by atoms with van der Waals surface area (Å²) in [6.07, 6.45) is 2.07. The van der Waals surface area contributed by atoms with E-state index in [4.69, 9.17) is 28.9 Å². The summed E-state index contributed by atoms with van der Waals surface area (Å²) in [5, 5.41) is 1.26. The van der Waals surface area contributed by atoms with Gasteiger partial charge in [0.05, 0.1) is 6.04 Å². The summed E-state index contributed by atoms with van der Waals surface area (Å²) in [6, 6.07) is 5.15. The highest BCUT2D eigenvalue weighted by molar-refractivity contribution is 6.33. The molecule has 0 aromatic heterocycles. The van der Waals surface area contributed by atoms with Crippen molar-refractivity contribution in [1.82, 2.24) is 4.90 Å². The van der Waals surface area contributed by atoms with E-state index in [1.54, 1.807) is 12.1 Å². The fraction of sp³-hybridized carbons (Fsp3) is 0.533. The topological polar surface area (TPSA) is 46.3 Å². The van der Waals surface area contributed by atoms with Crippen LogP contribution in [-0.2, 0) is 11.3 Å². The van der Waals surface area contributed by atoms with Gasteiger partial charge in [0.2, 0.25) is 5.91 Å². The summed E-state index contributed by atoms with van der Waals surface area (Å²) >= 11 is 12.2. The van der Waals surface area contributed by atoms with Crippen LogP contribution >= 0.6 is 23.2 Å². The van der Waals surface area contributed by atoms with Crippen molar-refractivity contribution in [1.29, 1.82) is 0 Å². The van der Waals surface area contributed by atoms with Gasteiger partial charge in [-0.2, -0.15) is 0 Å². The number of benzene rings is 1. The predicted molar refractivity (Wildman–Crippen MR) is 82.8 cm³/mol. The number of carbonyl (C=O) groups excluding carboxylic acids is 1. The third-order valence-corrected chi connectivity index (χ3v) is 4.23. The van der Waals surface area contributed by atoms with E-state index in [9.17, 15) is 4.79 Å². The van der Waals surface area contributed by atoms with Gasteiger partial charge >= 0.3 is 0 Å². The van der Waals surface area contributed by atoms with Crippen LogP contribution in [0.2, 0.25) is 10.0 Å². The summed E-state index contributed by atoms with van der Waals surface area (Å²) < 4.78 is 0. The summed E-state index contributed by atoms with van der Waals surface area (Å²) in [7, 11) is 0. The number of nitrogens with zero attached hydrogens (tertiary/aromatic N) is 1. The first kappa shape index (κ1) is 15.6. The van der Waals surface area contributed by atoms with Gasteiger partial charge in [-0.25, -0.2) is 0 Å². The Morgan fingerprint density at radius 2 is 2.05 bits per heavy atom. The summed E-state index contributed by atoms with van der Waals surface area (Å²) in [4.78, 5) is 14.3. The molecule has 0 aliphatic heterocycles. The van der Waals surface area contributed by atoms with Gasteiger partial charge in [-0.1, -0.05) is 37.0 Å². The first-order chi connectivity index (χ1) is 9.40. The molecular formula is C15H20Cl2N2O. The van der Waals surface area contributed by atoms with Gasteiger partial charge in [-0.3, -0.25) is 4.79 Å². The van der Waals surface area contributed by atoms with Crippen molar-refractivity contribution in [2.75, 3.05) is 0 Å². The number of hydrogen-bond acceptors (Lipinski definition) is 2. The monoisotopic (exact) mass is 314 g/mol. The van der Waals surface area contributed by atoms with Crippen molar-refractivity contribution in [2.24, 2.45) is 11.7 Å². The third-order valence-electron chi connectivity index (χ3n) is 3.62. The van der Waals surface area contributed by atoms with Gasteiger partial charge in [0.1, 0.15) is 0 Å². The molecule has 0 spiro atoms. The van der Waals surface area contributed by atoms with Crippen molar-refractivity contribution < 1.29 is 4.79 Å². The largest absolute Gasteiger partial charge is 0.334 e. The summed E-state index contributed by atoms with van der Waals surface area (Å²) in [5.41, 5.74) is 6.87. The van der Waals surface area contributed by atoms with Crippen LogP contribution in [0, 0.1) is 5.92 Å². The van der Waals surface area contributed by atoms with Gasteiger partial charge < -0.3 is 10.6 Å². The van der Waals surface area contributed by atoms with Crippen LogP contribution in [0.3, 0.4) is 0 Å². The number of carbonyl (C=O) groups is 1. The van der Waals surface area contributed by atoms with Gasteiger partial charge in [-0.05, 0) is 42.5 Å². The Morgan fingerprint density at radius 3 is 2.60 bits per heavy atom. The minimum Gasteiger partial charge on any atom is -0.334 e. The number of amides is 1. The molecule has 1 aliphatic rings. The average Bonchev–Trinajstić information content (AvgIpc) is 3.22.